The summed E-state index contributed by atoms with van der Waals surface area (Å²) in [4.78, 5) is 64.5. The fourth-order valence-electron chi connectivity index (χ4n) is 7.28. The molecule has 0 saturated carbocycles. The maximum Gasteiger partial charge on any atom is 0.407 e. The molecular weight excluding hydrogens is 764 g/mol. The molecule has 2 saturated heterocycles. The molecule has 1 aliphatic carbocycles. The van der Waals surface area contributed by atoms with Crippen LogP contribution in [0.5, 0.6) is 0 Å². The van der Waals surface area contributed by atoms with E-state index in [9.17, 15) is 49.5 Å². The fourth-order valence-corrected chi connectivity index (χ4v) is 7.28. The van der Waals surface area contributed by atoms with E-state index in [-0.39, 0.29) is 12.5 Å². The van der Waals surface area contributed by atoms with Gasteiger partial charge in [0.05, 0.1) is 19.6 Å². The van der Waals surface area contributed by atoms with Gasteiger partial charge in [0.1, 0.15) is 67.0 Å². The van der Waals surface area contributed by atoms with Crippen LogP contribution < -0.4 is 21.3 Å². The van der Waals surface area contributed by atoms with Crippen LogP contribution in [0.2, 0.25) is 0 Å². The van der Waals surface area contributed by atoms with Gasteiger partial charge in [0.15, 0.2) is 12.5 Å². The van der Waals surface area contributed by atoms with Gasteiger partial charge in [-0.1, -0.05) is 48.5 Å². The molecule has 0 radical (unpaired) electrons. The van der Waals surface area contributed by atoms with E-state index in [1.807, 2.05) is 48.5 Å². The van der Waals surface area contributed by atoms with Crippen molar-refractivity contribution in [1.82, 2.24) is 21.3 Å². The van der Waals surface area contributed by atoms with E-state index in [1.54, 1.807) is 20.8 Å². The number of fused-ring (bicyclic) bond motifs is 3. The smallest absolute Gasteiger partial charge is 0.407 e. The van der Waals surface area contributed by atoms with E-state index in [4.69, 9.17) is 23.7 Å². The minimum atomic E-state index is -1.78. The second kappa shape index (κ2) is 18.9. The van der Waals surface area contributed by atoms with Crippen molar-refractivity contribution in [3.05, 3.63) is 59.7 Å². The summed E-state index contributed by atoms with van der Waals surface area (Å²) in [6.07, 6.45) is -14.4. The molecule has 0 spiro atoms. The summed E-state index contributed by atoms with van der Waals surface area (Å²) in [6, 6.07) is 11.0. The van der Waals surface area contributed by atoms with Gasteiger partial charge in [0.2, 0.25) is 17.7 Å². The summed E-state index contributed by atoms with van der Waals surface area (Å²) in [5, 5.41) is 62.4. The number of esters is 1. The van der Waals surface area contributed by atoms with E-state index in [1.165, 1.54) is 0 Å². The van der Waals surface area contributed by atoms with Gasteiger partial charge < -0.3 is 70.5 Å². The first-order valence-electron chi connectivity index (χ1n) is 18.8. The maximum atomic E-state index is 13.6. The van der Waals surface area contributed by atoms with Crippen molar-refractivity contribution in [2.45, 2.75) is 120 Å². The normalized spacial score (nSPS) is 28.6. The van der Waals surface area contributed by atoms with E-state index < -0.39 is 122 Å². The molecule has 58 heavy (non-hydrogen) atoms. The van der Waals surface area contributed by atoms with Gasteiger partial charge in [0.25, 0.3) is 0 Å². The summed E-state index contributed by atoms with van der Waals surface area (Å²) < 4.78 is 28.5. The number of alkyl carbamates (subject to hydrolysis) is 1. The summed E-state index contributed by atoms with van der Waals surface area (Å²) in [5.41, 5.74) is 2.92. The number of nitrogens with one attached hydrogen (secondary N) is 4. The Bertz CT molecular complexity index is 1760. The molecule has 9 N–H and O–H groups in total. The standard InChI is InChI=1S/C39H52N4O15/c1-18(46)40-29-33(51)34(57-37-30(41-19(2)47)32(50)31(49)26(15-44)56-37)27(16-45)55-35(29)43-28(48)14-25(36(52)58-39(3,4)5)42-38(53)54-17-24-22-12-8-6-10-20(22)21-11-7-9-13-23(21)24/h6-13,24-27,29-35,37,44-45,49-51H,14-17H2,1-5H3,(H,40,46)(H,41,47)(H,42,53)(H,43,48)/t25-,26+,27+,29+,30+,31+,32+,33+,34+,35+,37-/m0/s1. The Hall–Kier alpha value is -4.73. The molecule has 11 atom stereocenters. The van der Waals surface area contributed by atoms with Gasteiger partial charge >= 0.3 is 12.1 Å². The molecule has 3 aliphatic rings. The SMILES string of the molecule is CC(=O)N[C@@H]1[C@@H](O)[C@H](O[C@@H]2O[C@H](CO)[C@@H](O)[C@H](O)[C@H]2NC(C)=O)[C@@H](CO)O[C@H]1NC(=O)C[C@H](NC(=O)OCC1c2ccccc2-c2ccccc21)C(=O)OC(C)(C)C. The Morgan fingerprint density at radius 2 is 1.33 bits per heavy atom. The lowest BCUT2D eigenvalue weighted by molar-refractivity contribution is -0.315. The lowest BCUT2D eigenvalue weighted by Gasteiger charge is -2.48. The summed E-state index contributed by atoms with van der Waals surface area (Å²) in [5.74, 6) is -3.49. The molecule has 19 nitrogen and oxygen atoms in total. The molecule has 2 aromatic rings. The second-order valence-electron chi connectivity index (χ2n) is 15.4. The average Bonchev–Trinajstić information content (AvgIpc) is 3.48. The summed E-state index contributed by atoms with van der Waals surface area (Å²) >= 11 is 0. The predicted molar refractivity (Wildman–Crippen MR) is 200 cm³/mol. The molecule has 5 rings (SSSR count). The largest absolute Gasteiger partial charge is 0.458 e. The van der Waals surface area contributed by atoms with Crippen LogP contribution in [0.3, 0.4) is 0 Å². The first-order valence-corrected chi connectivity index (χ1v) is 18.8. The monoisotopic (exact) mass is 816 g/mol. The van der Waals surface area contributed by atoms with Gasteiger partial charge in [-0.25, -0.2) is 9.59 Å². The first kappa shape index (κ1) is 44.4. The molecule has 2 aliphatic heterocycles. The third-order valence-corrected chi connectivity index (χ3v) is 9.83. The van der Waals surface area contributed by atoms with Crippen molar-refractivity contribution in [3.63, 3.8) is 0 Å². The van der Waals surface area contributed by atoms with Gasteiger partial charge in [0, 0.05) is 19.8 Å². The number of aliphatic hydroxyl groups is 5. The Morgan fingerprint density at radius 1 is 0.759 bits per heavy atom. The van der Waals surface area contributed by atoms with Crippen molar-refractivity contribution in [2.75, 3.05) is 19.8 Å². The number of carbonyl (C=O) groups excluding carboxylic acids is 5. The Kier molecular flexibility index (Phi) is 14.5. The number of aliphatic hydroxyl groups excluding tert-OH is 5. The van der Waals surface area contributed by atoms with Crippen LogP contribution in [-0.2, 0) is 42.9 Å². The zero-order chi connectivity index (χ0) is 42.5. The molecule has 2 heterocycles. The van der Waals surface area contributed by atoms with Gasteiger partial charge in [-0.3, -0.25) is 14.4 Å². The highest BCUT2D eigenvalue weighted by molar-refractivity contribution is 5.88. The van der Waals surface area contributed by atoms with E-state index in [0.29, 0.717) is 0 Å². The van der Waals surface area contributed by atoms with Crippen molar-refractivity contribution in [3.8, 4) is 11.1 Å². The van der Waals surface area contributed by atoms with E-state index in [0.717, 1.165) is 36.1 Å². The zero-order valence-corrected chi connectivity index (χ0v) is 32.7. The van der Waals surface area contributed by atoms with Crippen LogP contribution in [0.25, 0.3) is 11.1 Å². The summed E-state index contributed by atoms with van der Waals surface area (Å²) in [6.45, 7) is 5.37. The van der Waals surface area contributed by atoms with Crippen molar-refractivity contribution >= 4 is 29.8 Å². The van der Waals surface area contributed by atoms with Crippen molar-refractivity contribution in [1.29, 1.82) is 0 Å². The first-order chi connectivity index (χ1) is 27.4. The highest BCUT2D eigenvalue weighted by Gasteiger charge is 2.52. The minimum absolute atomic E-state index is 0.0806. The number of benzene rings is 2. The van der Waals surface area contributed by atoms with Crippen LogP contribution in [0.15, 0.2) is 48.5 Å². The van der Waals surface area contributed by atoms with Crippen LogP contribution in [0.4, 0.5) is 4.79 Å². The Balaban J connectivity index is 1.30. The summed E-state index contributed by atoms with van der Waals surface area (Å²) in [7, 11) is 0. The Morgan fingerprint density at radius 3 is 1.88 bits per heavy atom. The van der Waals surface area contributed by atoms with Gasteiger partial charge in [-0.15, -0.1) is 0 Å². The van der Waals surface area contributed by atoms with E-state index >= 15 is 0 Å². The molecule has 0 bridgehead atoms. The molecule has 2 fully saturated rings. The predicted octanol–water partition coefficient (Wildman–Crippen LogP) is -1.35. The van der Waals surface area contributed by atoms with Gasteiger partial charge in [-0.05, 0) is 43.0 Å². The molecular formula is C39H52N4O15. The van der Waals surface area contributed by atoms with Crippen LogP contribution in [0.1, 0.15) is 58.1 Å². The molecule has 2 aromatic carbocycles. The third-order valence-electron chi connectivity index (χ3n) is 9.83. The lowest BCUT2D eigenvalue weighted by atomic mass is 9.94. The Labute approximate surface area is 334 Å². The third kappa shape index (κ3) is 10.5. The average molecular weight is 817 g/mol. The van der Waals surface area contributed by atoms with Crippen LogP contribution in [0, 0.1) is 0 Å². The van der Waals surface area contributed by atoms with Crippen molar-refractivity contribution in [2.24, 2.45) is 0 Å². The molecule has 4 amide bonds. The number of carbonyl (C=O) groups is 5. The molecule has 19 heteroatoms. The number of amides is 4. The highest BCUT2D eigenvalue weighted by atomic mass is 16.7. The molecule has 318 valence electrons. The maximum absolute atomic E-state index is 13.6. The second-order valence-corrected chi connectivity index (χ2v) is 15.4. The fraction of sp³-hybridized carbons (Fsp3) is 0.564. The van der Waals surface area contributed by atoms with E-state index in [2.05, 4.69) is 21.3 Å². The highest BCUT2D eigenvalue weighted by Crippen LogP contribution is 2.44. The van der Waals surface area contributed by atoms with Crippen LogP contribution in [-0.4, -0.2) is 148 Å². The van der Waals surface area contributed by atoms with Crippen LogP contribution >= 0.6 is 0 Å². The number of ether oxygens (including phenoxy) is 5. The molecule has 0 aromatic heterocycles. The molecule has 0 unspecified atom stereocenters. The quantitative estimate of drug-likeness (QED) is 0.106. The number of rotatable bonds is 13. The topological polar surface area (TPSA) is 281 Å². The van der Waals surface area contributed by atoms with Gasteiger partial charge in [-0.2, -0.15) is 0 Å². The number of hydrogen-bond acceptors (Lipinski definition) is 15. The minimum Gasteiger partial charge on any atom is -0.458 e. The lowest BCUT2D eigenvalue weighted by Crippen LogP contribution is -2.71. The number of hydrogen-bond donors (Lipinski definition) is 9. The zero-order valence-electron chi connectivity index (χ0n) is 32.7. The van der Waals surface area contributed by atoms with Crippen molar-refractivity contribution < 1.29 is 73.2 Å².